The quantitative estimate of drug-likeness (QED) is 0.296. The maximum atomic E-state index is 13.8. The number of nitrogens with zero attached hydrogens (tertiary/aromatic N) is 1. The van der Waals surface area contributed by atoms with Crippen molar-refractivity contribution in [2.24, 2.45) is 0 Å². The third kappa shape index (κ3) is 8.94. The van der Waals surface area contributed by atoms with E-state index in [0.717, 1.165) is 29.9 Å². The monoisotopic (exact) mass is 598 g/mol. The lowest BCUT2D eigenvalue weighted by Crippen LogP contribution is -2.51. The maximum absolute atomic E-state index is 13.8. The molecule has 3 rings (SSSR count). The van der Waals surface area contributed by atoms with Gasteiger partial charge in [0.1, 0.15) is 17.4 Å². The van der Waals surface area contributed by atoms with Gasteiger partial charge in [0.15, 0.2) is 15.6 Å². The normalized spacial score (nSPS) is 16.9. The molecule has 2 aromatic carbocycles. The van der Waals surface area contributed by atoms with E-state index in [0.29, 0.717) is 12.0 Å². The molecule has 2 amide bonds. The highest BCUT2D eigenvalue weighted by Gasteiger charge is 2.40. The van der Waals surface area contributed by atoms with Gasteiger partial charge in [0, 0.05) is 12.0 Å². The number of sulfone groups is 1. The highest BCUT2D eigenvalue weighted by atomic mass is 32.2. The van der Waals surface area contributed by atoms with Crippen LogP contribution in [0.3, 0.4) is 0 Å². The maximum Gasteiger partial charge on any atom is 0.573 e. The van der Waals surface area contributed by atoms with Crippen molar-refractivity contribution < 1.29 is 45.4 Å². The summed E-state index contributed by atoms with van der Waals surface area (Å²) >= 11 is 0. The second kappa shape index (κ2) is 12.5. The number of rotatable bonds is 9. The average molecular weight is 599 g/mol. The molecule has 0 bridgehead atoms. The molecule has 0 aromatic heterocycles. The van der Waals surface area contributed by atoms with Gasteiger partial charge in [0.05, 0.1) is 22.9 Å². The molecule has 0 aliphatic carbocycles. The van der Waals surface area contributed by atoms with Gasteiger partial charge in [-0.3, -0.25) is 9.59 Å². The fraction of sp³-hybridized carbons (Fsp3) is 0.464. The minimum Gasteiger partial charge on any atom is -0.444 e. The van der Waals surface area contributed by atoms with Gasteiger partial charge >= 0.3 is 12.5 Å². The van der Waals surface area contributed by atoms with E-state index >= 15 is 0 Å². The molecule has 1 aliphatic rings. The smallest absolute Gasteiger partial charge is 0.444 e. The van der Waals surface area contributed by atoms with Crippen LogP contribution in [0.5, 0.6) is 5.75 Å². The first kappa shape index (κ1) is 31.9. The van der Waals surface area contributed by atoms with Crippen LogP contribution in [0.15, 0.2) is 47.4 Å². The lowest BCUT2D eigenvalue weighted by Gasteiger charge is -2.27. The Morgan fingerprint density at radius 3 is 2.29 bits per heavy atom. The van der Waals surface area contributed by atoms with Gasteiger partial charge in [0.2, 0.25) is 0 Å². The number of alkyl carbamates (subject to hydrolysis) is 1. The zero-order valence-electron chi connectivity index (χ0n) is 23.2. The topological polar surface area (TPSA) is 119 Å². The number of anilines is 1. The van der Waals surface area contributed by atoms with Gasteiger partial charge in [-0.05, 0) is 63.1 Å². The van der Waals surface area contributed by atoms with Crippen molar-refractivity contribution in [1.29, 1.82) is 0 Å². The number of carbonyl (C=O) groups excluding carboxylic acids is 3. The predicted octanol–water partition coefficient (Wildman–Crippen LogP) is 5.56. The van der Waals surface area contributed by atoms with E-state index in [1.54, 1.807) is 20.8 Å². The summed E-state index contributed by atoms with van der Waals surface area (Å²) in [6.45, 7) is 6.53. The molecule has 2 aromatic rings. The Morgan fingerprint density at radius 1 is 1.05 bits per heavy atom. The second-order valence-corrected chi connectivity index (χ2v) is 12.7. The van der Waals surface area contributed by atoms with Crippen LogP contribution < -0.4 is 15.0 Å². The number of carbonyl (C=O) groups is 3. The van der Waals surface area contributed by atoms with E-state index in [4.69, 9.17) is 4.74 Å². The van der Waals surface area contributed by atoms with Crippen molar-refractivity contribution >= 4 is 33.3 Å². The Hall–Kier alpha value is -3.61. The van der Waals surface area contributed by atoms with Crippen LogP contribution in [0.1, 0.15) is 69.3 Å². The summed E-state index contributed by atoms with van der Waals surface area (Å²) in [6.07, 6.45) is -3.29. The number of Topliss-reactive ketones (excluding diaryl/α,β-unsaturated/α-hetero) is 1. The highest BCUT2D eigenvalue weighted by Crippen LogP contribution is 2.34. The standard InChI is InChI=1S/C28H33F3N2O7S/c1-5-6-7-8-23(34)19-11-14-24-22(15-19)33(16-18-9-12-20(13-10-18)39-28(29,30)31)25(35)21(17-41(24,37)38)32-26(36)40-27(2,3)4/h9-15,21H,5-8,16-17H2,1-4H3,(H,32,36)/t21-/m0/s1. The van der Waals surface area contributed by atoms with Crippen LogP contribution in [0.25, 0.3) is 0 Å². The highest BCUT2D eigenvalue weighted by molar-refractivity contribution is 7.91. The lowest BCUT2D eigenvalue weighted by atomic mass is 10.0. The molecule has 1 aliphatic heterocycles. The molecule has 41 heavy (non-hydrogen) atoms. The summed E-state index contributed by atoms with van der Waals surface area (Å²) < 4.78 is 73.7. The molecule has 1 heterocycles. The summed E-state index contributed by atoms with van der Waals surface area (Å²) in [4.78, 5) is 40.0. The number of unbranched alkanes of at least 4 members (excludes halogenated alkanes) is 2. The van der Waals surface area contributed by atoms with Gasteiger partial charge in [-0.25, -0.2) is 13.2 Å². The summed E-state index contributed by atoms with van der Waals surface area (Å²) in [5.41, 5.74) is -0.443. The number of hydrogen-bond acceptors (Lipinski definition) is 7. The Balaban J connectivity index is 2.04. The molecule has 1 N–H and O–H groups in total. The van der Waals surface area contributed by atoms with E-state index in [-0.39, 0.29) is 34.9 Å². The first-order valence-corrected chi connectivity index (χ1v) is 14.7. The van der Waals surface area contributed by atoms with Crippen molar-refractivity contribution in [3.63, 3.8) is 0 Å². The van der Waals surface area contributed by atoms with Crippen molar-refractivity contribution in [2.75, 3.05) is 10.7 Å². The Morgan fingerprint density at radius 2 is 1.71 bits per heavy atom. The van der Waals surface area contributed by atoms with Gasteiger partial charge in [0.25, 0.3) is 5.91 Å². The Labute approximate surface area is 236 Å². The van der Waals surface area contributed by atoms with Gasteiger partial charge in [-0.2, -0.15) is 0 Å². The number of halogens is 3. The number of amides is 2. The van der Waals surface area contributed by atoms with Crippen LogP contribution in [-0.2, 0) is 25.9 Å². The predicted molar refractivity (Wildman–Crippen MR) is 144 cm³/mol. The molecular formula is C28H33F3N2O7S. The van der Waals surface area contributed by atoms with E-state index in [1.165, 1.54) is 30.3 Å². The van der Waals surface area contributed by atoms with Crippen molar-refractivity contribution in [2.45, 2.75) is 82.8 Å². The van der Waals surface area contributed by atoms with Crippen LogP contribution in [0.4, 0.5) is 23.7 Å². The van der Waals surface area contributed by atoms with E-state index in [9.17, 15) is 36.0 Å². The molecule has 0 saturated heterocycles. The summed E-state index contributed by atoms with van der Waals surface area (Å²) in [5, 5.41) is 2.33. The molecule has 224 valence electrons. The number of hydrogen-bond donors (Lipinski definition) is 1. The number of alkyl halides is 3. The minimum absolute atomic E-state index is 0.0690. The van der Waals surface area contributed by atoms with Crippen LogP contribution >= 0.6 is 0 Å². The molecule has 9 nitrogen and oxygen atoms in total. The number of ether oxygens (including phenoxy) is 2. The first-order valence-electron chi connectivity index (χ1n) is 13.0. The minimum atomic E-state index is -4.89. The average Bonchev–Trinajstić information content (AvgIpc) is 2.91. The molecule has 0 radical (unpaired) electrons. The van der Waals surface area contributed by atoms with Crippen LogP contribution in [-0.4, -0.2) is 50.0 Å². The third-order valence-electron chi connectivity index (χ3n) is 6.05. The zero-order chi connectivity index (χ0) is 30.6. The summed E-state index contributed by atoms with van der Waals surface area (Å²) in [6, 6.07) is 7.15. The molecule has 0 spiro atoms. The number of ketones is 1. The van der Waals surface area contributed by atoms with Crippen LogP contribution in [0.2, 0.25) is 0 Å². The summed E-state index contributed by atoms with van der Waals surface area (Å²) in [5.74, 6) is -2.27. The third-order valence-corrected chi connectivity index (χ3v) is 7.84. The van der Waals surface area contributed by atoms with Crippen molar-refractivity contribution in [3.05, 3.63) is 53.6 Å². The molecular weight excluding hydrogens is 565 g/mol. The number of nitrogens with one attached hydrogen (secondary N) is 1. The van der Waals surface area contributed by atoms with Gasteiger partial charge in [-0.1, -0.05) is 31.9 Å². The Bertz CT molecular complexity index is 1380. The van der Waals surface area contributed by atoms with E-state index < -0.39 is 51.3 Å². The van der Waals surface area contributed by atoms with Crippen molar-refractivity contribution in [1.82, 2.24) is 5.32 Å². The van der Waals surface area contributed by atoms with Crippen LogP contribution in [0, 0.1) is 0 Å². The van der Waals surface area contributed by atoms with Crippen molar-refractivity contribution in [3.8, 4) is 5.75 Å². The lowest BCUT2D eigenvalue weighted by molar-refractivity contribution is -0.274. The largest absolute Gasteiger partial charge is 0.573 e. The molecule has 1 atom stereocenters. The van der Waals surface area contributed by atoms with Gasteiger partial charge < -0.3 is 19.7 Å². The molecule has 0 unspecified atom stereocenters. The van der Waals surface area contributed by atoms with E-state index in [2.05, 4.69) is 10.1 Å². The second-order valence-electron chi connectivity index (χ2n) is 10.7. The molecule has 13 heteroatoms. The molecule has 0 saturated carbocycles. The Kier molecular flexibility index (Phi) is 9.73. The number of fused-ring (bicyclic) bond motifs is 1. The summed E-state index contributed by atoms with van der Waals surface area (Å²) in [7, 11) is -4.15. The SMILES string of the molecule is CCCCCC(=O)c1ccc2c(c1)N(Cc1ccc(OC(F)(F)F)cc1)C(=O)[C@@H](NC(=O)OC(C)(C)C)CS2(=O)=O. The first-order chi connectivity index (χ1) is 19.0. The fourth-order valence-electron chi connectivity index (χ4n) is 4.23. The zero-order valence-corrected chi connectivity index (χ0v) is 24.0. The molecule has 0 fully saturated rings. The van der Waals surface area contributed by atoms with E-state index in [1.807, 2.05) is 6.92 Å². The van der Waals surface area contributed by atoms with Gasteiger partial charge in [-0.15, -0.1) is 13.2 Å². The fourth-order valence-corrected chi connectivity index (χ4v) is 5.83. The number of benzene rings is 2.